The molecule has 24 heavy (non-hydrogen) atoms. The third kappa shape index (κ3) is 3.64. The molecule has 1 aliphatic rings. The normalized spacial score (nSPS) is 15.5. The molecular weight excluding hydrogens is 306 g/mol. The maximum absolute atomic E-state index is 12.4. The van der Waals surface area contributed by atoms with Crippen LogP contribution in [0.1, 0.15) is 40.4 Å². The Kier molecular flexibility index (Phi) is 4.64. The van der Waals surface area contributed by atoms with Gasteiger partial charge in [-0.15, -0.1) is 0 Å². The second kappa shape index (κ2) is 6.86. The Hall–Kier alpha value is -2.63. The maximum Gasteiger partial charge on any atom is 0.338 e. The zero-order chi connectivity index (χ0) is 17.1. The van der Waals surface area contributed by atoms with Gasteiger partial charge in [-0.1, -0.05) is 29.8 Å². The Labute approximate surface area is 140 Å². The number of hydrogen-bond acceptors (Lipinski definition) is 3. The van der Waals surface area contributed by atoms with Crippen LogP contribution in [-0.2, 0) is 11.2 Å². The molecule has 6 nitrogen and oxygen atoms in total. The van der Waals surface area contributed by atoms with E-state index in [1.54, 1.807) is 10.9 Å². The SMILES string of the molecule is Cc1ccc(CC(=O)N2CCC(n3cc(C(=O)O)cn3)CC2)cc1. The minimum atomic E-state index is -0.966. The Morgan fingerprint density at radius 1 is 1.21 bits per heavy atom. The molecule has 0 saturated carbocycles. The molecule has 0 radical (unpaired) electrons. The van der Waals surface area contributed by atoms with Crippen LogP contribution in [0.3, 0.4) is 0 Å². The molecule has 1 N–H and O–H groups in total. The van der Waals surface area contributed by atoms with Crippen LogP contribution in [0.2, 0.25) is 0 Å². The summed E-state index contributed by atoms with van der Waals surface area (Å²) < 4.78 is 1.71. The number of aromatic carboxylic acids is 1. The molecule has 1 amide bonds. The van der Waals surface area contributed by atoms with Crippen molar-refractivity contribution >= 4 is 11.9 Å². The van der Waals surface area contributed by atoms with Gasteiger partial charge < -0.3 is 10.0 Å². The quantitative estimate of drug-likeness (QED) is 0.935. The zero-order valence-corrected chi connectivity index (χ0v) is 13.7. The average molecular weight is 327 g/mol. The summed E-state index contributed by atoms with van der Waals surface area (Å²) in [6, 6.07) is 8.19. The van der Waals surface area contributed by atoms with Crippen LogP contribution in [0, 0.1) is 6.92 Å². The molecule has 1 aliphatic heterocycles. The van der Waals surface area contributed by atoms with Crippen LogP contribution in [0.25, 0.3) is 0 Å². The summed E-state index contributed by atoms with van der Waals surface area (Å²) in [5.74, 6) is -0.823. The number of carboxylic acid groups (broad SMARTS) is 1. The van der Waals surface area contributed by atoms with Gasteiger partial charge in [-0.05, 0) is 25.3 Å². The molecule has 1 fully saturated rings. The third-order valence-electron chi connectivity index (χ3n) is 4.52. The summed E-state index contributed by atoms with van der Waals surface area (Å²) >= 11 is 0. The van der Waals surface area contributed by atoms with E-state index >= 15 is 0 Å². The van der Waals surface area contributed by atoms with Crippen LogP contribution in [-0.4, -0.2) is 44.8 Å². The summed E-state index contributed by atoms with van der Waals surface area (Å²) in [5.41, 5.74) is 2.42. The maximum atomic E-state index is 12.4. The van der Waals surface area contributed by atoms with Gasteiger partial charge in [-0.3, -0.25) is 9.48 Å². The van der Waals surface area contributed by atoms with Gasteiger partial charge in [0.2, 0.25) is 5.91 Å². The standard InChI is InChI=1S/C18H21N3O3/c1-13-2-4-14(5-3-13)10-17(22)20-8-6-16(7-9-20)21-12-15(11-19-21)18(23)24/h2-5,11-12,16H,6-10H2,1H3,(H,23,24). The van der Waals surface area contributed by atoms with E-state index in [2.05, 4.69) is 5.10 Å². The van der Waals surface area contributed by atoms with Crippen LogP contribution in [0.4, 0.5) is 0 Å². The summed E-state index contributed by atoms with van der Waals surface area (Å²) in [5, 5.41) is 13.1. The number of piperidine rings is 1. The largest absolute Gasteiger partial charge is 0.478 e. The highest BCUT2D eigenvalue weighted by Crippen LogP contribution is 2.22. The summed E-state index contributed by atoms with van der Waals surface area (Å²) in [6.07, 6.45) is 4.95. The highest BCUT2D eigenvalue weighted by molar-refractivity contribution is 5.86. The lowest BCUT2D eigenvalue weighted by Gasteiger charge is -2.32. The van der Waals surface area contributed by atoms with Crippen LogP contribution in [0.15, 0.2) is 36.7 Å². The number of hydrogen-bond donors (Lipinski definition) is 1. The lowest BCUT2D eigenvalue weighted by molar-refractivity contribution is -0.131. The lowest BCUT2D eigenvalue weighted by Crippen LogP contribution is -2.40. The fraction of sp³-hybridized carbons (Fsp3) is 0.389. The molecule has 2 heterocycles. The monoisotopic (exact) mass is 327 g/mol. The molecule has 0 aliphatic carbocycles. The van der Waals surface area contributed by atoms with Crippen LogP contribution in [0.5, 0.6) is 0 Å². The first kappa shape index (κ1) is 16.2. The molecule has 1 saturated heterocycles. The van der Waals surface area contributed by atoms with Crippen LogP contribution >= 0.6 is 0 Å². The first-order valence-corrected chi connectivity index (χ1v) is 8.13. The van der Waals surface area contributed by atoms with Gasteiger partial charge in [-0.25, -0.2) is 4.79 Å². The molecule has 2 aromatic rings. The molecule has 1 aromatic heterocycles. The summed E-state index contributed by atoms with van der Waals surface area (Å²) in [4.78, 5) is 25.2. The smallest absolute Gasteiger partial charge is 0.338 e. The Morgan fingerprint density at radius 3 is 2.46 bits per heavy atom. The van der Waals surface area contributed by atoms with E-state index in [0.717, 1.165) is 18.4 Å². The topological polar surface area (TPSA) is 75.4 Å². The van der Waals surface area contributed by atoms with E-state index in [1.807, 2.05) is 36.1 Å². The van der Waals surface area contributed by atoms with Crippen molar-refractivity contribution in [3.05, 3.63) is 53.3 Å². The van der Waals surface area contributed by atoms with Crippen molar-refractivity contribution in [2.24, 2.45) is 0 Å². The van der Waals surface area contributed by atoms with E-state index < -0.39 is 5.97 Å². The van der Waals surface area contributed by atoms with Crippen molar-refractivity contribution in [1.29, 1.82) is 0 Å². The van der Waals surface area contributed by atoms with Gasteiger partial charge >= 0.3 is 5.97 Å². The highest BCUT2D eigenvalue weighted by Gasteiger charge is 2.24. The molecule has 126 valence electrons. The molecule has 0 atom stereocenters. The predicted molar refractivity (Wildman–Crippen MR) is 88.9 cm³/mol. The number of aromatic nitrogens is 2. The van der Waals surface area contributed by atoms with E-state index in [4.69, 9.17) is 5.11 Å². The Bertz CT molecular complexity index is 728. The van der Waals surface area contributed by atoms with E-state index in [1.165, 1.54) is 11.8 Å². The zero-order valence-electron chi connectivity index (χ0n) is 13.7. The second-order valence-corrected chi connectivity index (χ2v) is 6.29. The minimum Gasteiger partial charge on any atom is -0.478 e. The Morgan fingerprint density at radius 2 is 1.88 bits per heavy atom. The molecule has 6 heteroatoms. The highest BCUT2D eigenvalue weighted by atomic mass is 16.4. The third-order valence-corrected chi connectivity index (χ3v) is 4.52. The minimum absolute atomic E-state index is 0.143. The van der Waals surface area contributed by atoms with Crippen molar-refractivity contribution < 1.29 is 14.7 Å². The molecule has 3 rings (SSSR count). The van der Waals surface area contributed by atoms with Crippen molar-refractivity contribution in [1.82, 2.24) is 14.7 Å². The van der Waals surface area contributed by atoms with Gasteiger partial charge in [-0.2, -0.15) is 5.10 Å². The number of rotatable bonds is 4. The molecule has 0 spiro atoms. The number of carbonyl (C=O) groups is 2. The second-order valence-electron chi connectivity index (χ2n) is 6.29. The van der Waals surface area contributed by atoms with Gasteiger partial charge in [0.1, 0.15) is 0 Å². The number of aryl methyl sites for hydroxylation is 1. The predicted octanol–water partition coefficient (Wildman–Crippen LogP) is 2.30. The number of carbonyl (C=O) groups excluding carboxylic acids is 1. The number of amides is 1. The van der Waals surface area contributed by atoms with Crippen molar-refractivity contribution in [2.75, 3.05) is 13.1 Å². The number of carboxylic acids is 1. The van der Waals surface area contributed by atoms with E-state index in [-0.39, 0.29) is 17.5 Å². The average Bonchev–Trinajstić information content (AvgIpc) is 3.07. The first-order chi connectivity index (χ1) is 11.5. The van der Waals surface area contributed by atoms with E-state index in [9.17, 15) is 9.59 Å². The van der Waals surface area contributed by atoms with Crippen molar-refractivity contribution in [2.45, 2.75) is 32.2 Å². The fourth-order valence-electron chi connectivity index (χ4n) is 3.02. The van der Waals surface area contributed by atoms with Crippen molar-refractivity contribution in [3.8, 4) is 0 Å². The van der Waals surface area contributed by atoms with E-state index in [0.29, 0.717) is 19.5 Å². The fourth-order valence-corrected chi connectivity index (χ4v) is 3.02. The Balaban J connectivity index is 1.55. The molecule has 0 unspecified atom stereocenters. The van der Waals surface area contributed by atoms with Gasteiger partial charge in [0.15, 0.2) is 0 Å². The van der Waals surface area contributed by atoms with Gasteiger partial charge in [0.05, 0.1) is 24.2 Å². The van der Waals surface area contributed by atoms with Crippen molar-refractivity contribution in [3.63, 3.8) is 0 Å². The summed E-state index contributed by atoms with van der Waals surface area (Å²) in [6.45, 7) is 3.39. The number of likely N-dealkylation sites (tertiary alicyclic amines) is 1. The lowest BCUT2D eigenvalue weighted by atomic mass is 10.0. The number of nitrogens with zero attached hydrogens (tertiary/aromatic N) is 3. The van der Waals surface area contributed by atoms with Gasteiger partial charge in [0.25, 0.3) is 0 Å². The van der Waals surface area contributed by atoms with Crippen LogP contribution < -0.4 is 0 Å². The molecule has 1 aromatic carbocycles. The van der Waals surface area contributed by atoms with Gasteiger partial charge in [0, 0.05) is 19.3 Å². The molecular formula is C18H21N3O3. The number of benzene rings is 1. The molecule has 0 bridgehead atoms. The summed E-state index contributed by atoms with van der Waals surface area (Å²) in [7, 11) is 0. The first-order valence-electron chi connectivity index (χ1n) is 8.13.